The summed E-state index contributed by atoms with van der Waals surface area (Å²) < 4.78 is 57.4. The minimum atomic E-state index is -2.07. The molecule has 4 nitrogen and oxygen atoms in total. The number of aliphatic carboxylic acids is 1. The standard InChI is InChI=1S/C14H12F4O4/c1-2-7(22-4-3-11(20)21)5-10(19)8-6-9(15)13(17)14(18)12(8)16/h3-4,6-7H,2,5H2,1H3,(H,20,21). The van der Waals surface area contributed by atoms with Crippen molar-refractivity contribution in [2.75, 3.05) is 0 Å². The minimum absolute atomic E-state index is 0.253. The molecule has 8 heteroatoms. The molecular formula is C14H12F4O4. The van der Waals surface area contributed by atoms with Crippen molar-refractivity contribution < 1.29 is 37.0 Å². The molecule has 22 heavy (non-hydrogen) atoms. The van der Waals surface area contributed by atoms with E-state index in [1.807, 2.05) is 0 Å². The van der Waals surface area contributed by atoms with E-state index >= 15 is 0 Å². The van der Waals surface area contributed by atoms with Crippen LogP contribution in [0.4, 0.5) is 17.6 Å². The fraction of sp³-hybridized carbons (Fsp3) is 0.286. The van der Waals surface area contributed by atoms with Gasteiger partial charge in [-0.1, -0.05) is 6.92 Å². The fourth-order valence-electron chi connectivity index (χ4n) is 1.59. The normalized spacial score (nSPS) is 12.4. The average molecular weight is 320 g/mol. The summed E-state index contributed by atoms with van der Waals surface area (Å²) >= 11 is 0. The molecule has 1 aromatic rings. The zero-order valence-electron chi connectivity index (χ0n) is 11.4. The first-order valence-electron chi connectivity index (χ1n) is 6.19. The Morgan fingerprint density at radius 3 is 2.41 bits per heavy atom. The number of hydrogen-bond donors (Lipinski definition) is 1. The van der Waals surface area contributed by atoms with Gasteiger partial charge in [0.05, 0.1) is 17.9 Å². The summed E-state index contributed by atoms with van der Waals surface area (Å²) in [5.41, 5.74) is -0.930. The van der Waals surface area contributed by atoms with Gasteiger partial charge in [-0.25, -0.2) is 22.4 Å². The van der Waals surface area contributed by atoms with Crippen molar-refractivity contribution in [2.24, 2.45) is 0 Å². The lowest BCUT2D eigenvalue weighted by atomic mass is 10.0. The molecular weight excluding hydrogens is 308 g/mol. The largest absolute Gasteiger partial charge is 0.497 e. The highest BCUT2D eigenvalue weighted by molar-refractivity contribution is 5.96. The van der Waals surface area contributed by atoms with Gasteiger partial charge in [0.1, 0.15) is 6.10 Å². The molecule has 0 aromatic heterocycles. The highest BCUT2D eigenvalue weighted by Crippen LogP contribution is 2.21. The SMILES string of the molecule is CCC(CC(=O)c1cc(F)c(F)c(F)c1F)OC=CC(=O)O. The first kappa shape index (κ1) is 17.7. The predicted octanol–water partition coefficient (Wildman–Crippen LogP) is 3.21. The van der Waals surface area contributed by atoms with Crippen molar-refractivity contribution >= 4 is 11.8 Å². The Balaban J connectivity index is 2.90. The third-order valence-electron chi connectivity index (χ3n) is 2.75. The van der Waals surface area contributed by atoms with Crippen LogP contribution in [-0.4, -0.2) is 23.0 Å². The monoisotopic (exact) mass is 320 g/mol. The van der Waals surface area contributed by atoms with Gasteiger partial charge in [-0.3, -0.25) is 4.79 Å². The number of carboxylic acid groups (broad SMARTS) is 1. The second-order valence-electron chi connectivity index (χ2n) is 4.28. The number of hydrogen-bond acceptors (Lipinski definition) is 3. The van der Waals surface area contributed by atoms with Crippen molar-refractivity contribution in [3.05, 3.63) is 47.2 Å². The van der Waals surface area contributed by atoms with Gasteiger partial charge in [0.15, 0.2) is 29.1 Å². The van der Waals surface area contributed by atoms with Crippen LogP contribution in [0.1, 0.15) is 30.1 Å². The van der Waals surface area contributed by atoms with Gasteiger partial charge in [0.2, 0.25) is 0 Å². The third-order valence-corrected chi connectivity index (χ3v) is 2.75. The number of benzene rings is 1. The predicted molar refractivity (Wildman–Crippen MR) is 67.2 cm³/mol. The van der Waals surface area contributed by atoms with Crippen molar-refractivity contribution in [3.8, 4) is 0 Å². The van der Waals surface area contributed by atoms with Gasteiger partial charge >= 0.3 is 5.97 Å². The zero-order chi connectivity index (χ0) is 16.9. The molecule has 1 rings (SSSR count). The van der Waals surface area contributed by atoms with Gasteiger partial charge in [-0.15, -0.1) is 0 Å². The van der Waals surface area contributed by atoms with E-state index in [2.05, 4.69) is 0 Å². The van der Waals surface area contributed by atoms with Crippen molar-refractivity contribution in [1.82, 2.24) is 0 Å². The van der Waals surface area contributed by atoms with Crippen LogP contribution in [0.15, 0.2) is 18.4 Å². The number of carbonyl (C=O) groups excluding carboxylic acids is 1. The molecule has 0 aliphatic rings. The molecule has 1 atom stereocenters. The van der Waals surface area contributed by atoms with Crippen LogP contribution in [-0.2, 0) is 9.53 Å². The average Bonchev–Trinajstić information content (AvgIpc) is 2.47. The van der Waals surface area contributed by atoms with E-state index in [-0.39, 0.29) is 12.5 Å². The first-order chi connectivity index (χ1) is 10.3. The Bertz CT molecular complexity index is 613. The van der Waals surface area contributed by atoms with Crippen molar-refractivity contribution in [3.63, 3.8) is 0 Å². The van der Waals surface area contributed by atoms with E-state index < -0.39 is 53.1 Å². The Kier molecular flexibility index (Phi) is 6.09. The lowest BCUT2D eigenvalue weighted by Gasteiger charge is -2.14. The maximum atomic E-state index is 13.5. The van der Waals surface area contributed by atoms with E-state index in [1.54, 1.807) is 6.92 Å². The molecule has 0 aliphatic heterocycles. The smallest absolute Gasteiger partial charge is 0.331 e. The lowest BCUT2D eigenvalue weighted by molar-refractivity contribution is -0.131. The second-order valence-corrected chi connectivity index (χ2v) is 4.28. The van der Waals surface area contributed by atoms with E-state index in [9.17, 15) is 27.2 Å². The number of carbonyl (C=O) groups is 2. The Morgan fingerprint density at radius 1 is 1.23 bits per heavy atom. The molecule has 0 heterocycles. The van der Waals surface area contributed by atoms with Gasteiger partial charge in [0, 0.05) is 6.42 Å². The summed E-state index contributed by atoms with van der Waals surface area (Å²) in [7, 11) is 0. The number of ether oxygens (including phenoxy) is 1. The van der Waals surface area contributed by atoms with E-state index in [0.29, 0.717) is 6.08 Å². The van der Waals surface area contributed by atoms with Crippen LogP contribution in [0.2, 0.25) is 0 Å². The molecule has 0 fully saturated rings. The van der Waals surface area contributed by atoms with Crippen LogP contribution in [0.5, 0.6) is 0 Å². The summed E-state index contributed by atoms with van der Waals surface area (Å²) in [6.45, 7) is 1.61. The molecule has 0 radical (unpaired) electrons. The minimum Gasteiger partial charge on any atom is -0.497 e. The molecule has 1 N–H and O–H groups in total. The summed E-state index contributed by atoms with van der Waals surface area (Å²) in [5, 5.41) is 8.38. The van der Waals surface area contributed by atoms with Crippen LogP contribution < -0.4 is 0 Å². The molecule has 0 saturated carbocycles. The molecule has 0 saturated heterocycles. The van der Waals surface area contributed by atoms with Crippen LogP contribution >= 0.6 is 0 Å². The molecule has 0 aliphatic carbocycles. The van der Waals surface area contributed by atoms with E-state index in [0.717, 1.165) is 6.26 Å². The van der Waals surface area contributed by atoms with E-state index in [4.69, 9.17) is 9.84 Å². The quantitative estimate of drug-likeness (QED) is 0.209. The summed E-state index contributed by atoms with van der Waals surface area (Å²) in [5.74, 6) is -9.78. The molecule has 0 bridgehead atoms. The molecule has 1 aromatic carbocycles. The van der Waals surface area contributed by atoms with E-state index in [1.165, 1.54) is 0 Å². The van der Waals surface area contributed by atoms with Crippen LogP contribution in [0.3, 0.4) is 0 Å². The van der Waals surface area contributed by atoms with Crippen molar-refractivity contribution in [2.45, 2.75) is 25.9 Å². The molecule has 0 spiro atoms. The summed E-state index contributed by atoms with van der Waals surface area (Å²) in [6, 6.07) is 0.274. The van der Waals surface area contributed by atoms with Crippen LogP contribution in [0.25, 0.3) is 0 Å². The van der Waals surface area contributed by atoms with Gasteiger partial charge in [0.25, 0.3) is 0 Å². The number of carboxylic acids is 1. The van der Waals surface area contributed by atoms with Crippen molar-refractivity contribution in [1.29, 1.82) is 0 Å². The fourth-order valence-corrected chi connectivity index (χ4v) is 1.59. The number of ketones is 1. The highest BCUT2D eigenvalue weighted by Gasteiger charge is 2.24. The lowest BCUT2D eigenvalue weighted by Crippen LogP contribution is -2.17. The topological polar surface area (TPSA) is 63.6 Å². The maximum absolute atomic E-state index is 13.5. The van der Waals surface area contributed by atoms with Crippen LogP contribution in [0, 0.1) is 23.3 Å². The zero-order valence-corrected chi connectivity index (χ0v) is 11.4. The Hall–Kier alpha value is -2.38. The number of halogens is 4. The van der Waals surface area contributed by atoms with Gasteiger partial charge < -0.3 is 9.84 Å². The van der Waals surface area contributed by atoms with Gasteiger partial charge in [-0.2, -0.15) is 0 Å². The third kappa shape index (κ3) is 4.31. The molecule has 0 amide bonds. The summed E-state index contributed by atoms with van der Waals surface area (Å²) in [4.78, 5) is 22.1. The van der Waals surface area contributed by atoms with Gasteiger partial charge in [-0.05, 0) is 12.5 Å². The molecule has 120 valence electrons. The summed E-state index contributed by atoms with van der Waals surface area (Å²) in [6.07, 6.45) is 0.501. The second kappa shape index (κ2) is 7.58. The Labute approximate surface area is 123 Å². The number of Topliss-reactive ketones (excluding diaryl/α,β-unsaturated/α-hetero) is 1. The highest BCUT2D eigenvalue weighted by atomic mass is 19.2. The molecule has 1 unspecified atom stereocenters. The number of rotatable bonds is 7. The maximum Gasteiger partial charge on any atom is 0.331 e. The first-order valence-corrected chi connectivity index (χ1v) is 6.19. The Morgan fingerprint density at radius 2 is 1.86 bits per heavy atom.